The Hall–Kier alpha value is -0.820. The van der Waals surface area contributed by atoms with Crippen molar-refractivity contribution in [3.63, 3.8) is 0 Å². The first-order chi connectivity index (χ1) is 7.72. The van der Waals surface area contributed by atoms with Crippen LogP contribution in [0.4, 0.5) is 5.69 Å². The van der Waals surface area contributed by atoms with Crippen molar-refractivity contribution in [1.82, 2.24) is 0 Å². The number of nitrogens with two attached hydrogens (primary N) is 1. The molecule has 0 saturated carbocycles. The molecule has 0 aromatic heterocycles. The summed E-state index contributed by atoms with van der Waals surface area (Å²) in [6.45, 7) is 2.87. The highest BCUT2D eigenvalue weighted by molar-refractivity contribution is 14.0. The minimum atomic E-state index is 0. The smallest absolute Gasteiger partial charge is 0.193 e. The molecule has 0 aliphatic rings. The van der Waals surface area contributed by atoms with Crippen LogP contribution in [0.3, 0.4) is 0 Å². The molecule has 17 heavy (non-hydrogen) atoms. The molecule has 1 rings (SSSR count). The maximum absolute atomic E-state index is 8.74. The third-order valence-electron chi connectivity index (χ3n) is 2.24. The summed E-state index contributed by atoms with van der Waals surface area (Å²) in [5.74, 6) is 0.761. The van der Waals surface area contributed by atoms with Gasteiger partial charge in [-0.3, -0.25) is 4.99 Å². The number of halogens is 1. The zero-order valence-electron chi connectivity index (χ0n) is 9.97. The molecule has 0 aliphatic heterocycles. The molecule has 1 atom stereocenters. The second kappa shape index (κ2) is 9.23. The lowest BCUT2D eigenvalue weighted by Crippen LogP contribution is -2.23. The summed E-state index contributed by atoms with van der Waals surface area (Å²) in [6.07, 6.45) is 0.752. The fraction of sp³-hybridized carbons (Fsp3) is 0.417. The van der Waals surface area contributed by atoms with Gasteiger partial charge in [0.15, 0.2) is 5.96 Å². The average molecular weight is 349 g/mol. The first-order valence-electron chi connectivity index (χ1n) is 5.45. The van der Waals surface area contributed by atoms with Gasteiger partial charge in [-0.15, -0.1) is 24.0 Å². The minimum Gasteiger partial charge on any atom is -0.396 e. The average Bonchev–Trinajstić information content (AvgIpc) is 2.28. The van der Waals surface area contributed by atoms with Crippen LogP contribution >= 0.6 is 24.0 Å². The normalized spacial score (nSPS) is 12.7. The maximum atomic E-state index is 8.74. The highest BCUT2D eigenvalue weighted by atomic mass is 127. The van der Waals surface area contributed by atoms with Crippen molar-refractivity contribution in [1.29, 1.82) is 0 Å². The second-order valence-electron chi connectivity index (χ2n) is 3.83. The van der Waals surface area contributed by atoms with Gasteiger partial charge in [0, 0.05) is 18.8 Å². The molecule has 0 radical (unpaired) electrons. The maximum Gasteiger partial charge on any atom is 0.193 e. The van der Waals surface area contributed by atoms with Crippen LogP contribution in [0.25, 0.3) is 0 Å². The van der Waals surface area contributed by atoms with Crippen LogP contribution in [0.15, 0.2) is 35.3 Å². The number of hydrogen-bond donors (Lipinski definition) is 3. The van der Waals surface area contributed by atoms with Crippen LogP contribution in [0.2, 0.25) is 0 Å². The Morgan fingerprint density at radius 3 is 2.65 bits per heavy atom. The predicted molar refractivity (Wildman–Crippen MR) is 82.8 cm³/mol. The summed E-state index contributed by atoms with van der Waals surface area (Å²) in [4.78, 5) is 4.21. The van der Waals surface area contributed by atoms with Gasteiger partial charge >= 0.3 is 0 Å². The van der Waals surface area contributed by atoms with Gasteiger partial charge in [-0.2, -0.15) is 0 Å². The quantitative estimate of drug-likeness (QED) is 0.433. The number of anilines is 1. The van der Waals surface area contributed by atoms with Crippen molar-refractivity contribution >= 4 is 35.6 Å². The summed E-state index contributed by atoms with van der Waals surface area (Å²) < 4.78 is 0. The van der Waals surface area contributed by atoms with E-state index in [1.54, 1.807) is 0 Å². The van der Waals surface area contributed by atoms with E-state index in [2.05, 4.69) is 10.3 Å². The number of hydrogen-bond acceptors (Lipinski definition) is 2. The van der Waals surface area contributed by atoms with Crippen molar-refractivity contribution in [2.45, 2.75) is 13.3 Å². The first kappa shape index (κ1) is 16.2. The van der Waals surface area contributed by atoms with Gasteiger partial charge in [0.2, 0.25) is 0 Å². The van der Waals surface area contributed by atoms with Gasteiger partial charge in [-0.05, 0) is 24.5 Å². The van der Waals surface area contributed by atoms with E-state index in [1.165, 1.54) is 0 Å². The summed E-state index contributed by atoms with van der Waals surface area (Å²) in [5.41, 5.74) is 6.66. The minimum absolute atomic E-state index is 0. The summed E-state index contributed by atoms with van der Waals surface area (Å²) >= 11 is 0. The van der Waals surface area contributed by atoms with Crippen molar-refractivity contribution < 1.29 is 5.11 Å². The zero-order chi connectivity index (χ0) is 11.8. The monoisotopic (exact) mass is 349 g/mol. The number of rotatable bonds is 5. The Labute approximate surface area is 119 Å². The van der Waals surface area contributed by atoms with Gasteiger partial charge in [0.25, 0.3) is 0 Å². The molecule has 96 valence electrons. The Morgan fingerprint density at radius 2 is 2.06 bits per heavy atom. The van der Waals surface area contributed by atoms with E-state index in [-0.39, 0.29) is 30.6 Å². The van der Waals surface area contributed by atoms with Crippen LogP contribution in [0.5, 0.6) is 0 Å². The molecule has 4 nitrogen and oxygen atoms in total. The molecule has 0 fully saturated rings. The standard InChI is InChI=1S/C12H19N3O.HI/c1-10(7-8-16)9-14-12(13)15-11-5-3-2-4-6-11;/h2-6,10,16H,7-9H2,1H3,(H3,13,14,15);1H. The molecule has 0 amide bonds. The van der Waals surface area contributed by atoms with Crippen molar-refractivity contribution in [2.75, 3.05) is 18.5 Å². The van der Waals surface area contributed by atoms with Crippen molar-refractivity contribution in [2.24, 2.45) is 16.6 Å². The third-order valence-corrected chi connectivity index (χ3v) is 2.24. The Balaban J connectivity index is 0.00000256. The Bertz CT molecular complexity index is 330. The van der Waals surface area contributed by atoms with Crippen LogP contribution in [0, 0.1) is 5.92 Å². The zero-order valence-corrected chi connectivity index (χ0v) is 12.3. The van der Waals surface area contributed by atoms with Crippen LogP contribution in [0.1, 0.15) is 13.3 Å². The molecule has 0 aliphatic carbocycles. The lowest BCUT2D eigenvalue weighted by Gasteiger charge is -2.08. The number of aliphatic hydroxyl groups excluding tert-OH is 1. The third kappa shape index (κ3) is 7.17. The molecular weight excluding hydrogens is 329 g/mol. The molecule has 5 heteroatoms. The summed E-state index contributed by atoms with van der Waals surface area (Å²) in [5, 5.41) is 11.7. The molecular formula is C12H20IN3O. The number of nitrogens with one attached hydrogen (secondary N) is 1. The summed E-state index contributed by atoms with van der Waals surface area (Å²) in [6, 6.07) is 9.68. The molecule has 0 saturated heterocycles. The number of nitrogens with zero attached hydrogens (tertiary/aromatic N) is 1. The first-order valence-corrected chi connectivity index (χ1v) is 5.45. The number of para-hydroxylation sites is 1. The Kier molecular flexibility index (Phi) is 8.79. The molecule has 4 N–H and O–H groups in total. The van der Waals surface area contributed by atoms with Crippen LogP contribution < -0.4 is 11.1 Å². The van der Waals surface area contributed by atoms with E-state index in [4.69, 9.17) is 10.8 Å². The molecule has 1 aromatic carbocycles. The fourth-order valence-electron chi connectivity index (χ4n) is 1.27. The van der Waals surface area contributed by atoms with Gasteiger partial charge in [0.05, 0.1) is 0 Å². The molecule has 0 heterocycles. The SMILES string of the molecule is CC(CCO)CN=C(N)Nc1ccccc1.I. The highest BCUT2D eigenvalue weighted by Crippen LogP contribution is 2.05. The van der Waals surface area contributed by atoms with E-state index < -0.39 is 0 Å². The topological polar surface area (TPSA) is 70.6 Å². The van der Waals surface area contributed by atoms with Gasteiger partial charge in [-0.1, -0.05) is 25.1 Å². The second-order valence-corrected chi connectivity index (χ2v) is 3.83. The number of benzene rings is 1. The number of guanidine groups is 1. The van der Waals surface area contributed by atoms with E-state index in [1.807, 2.05) is 37.3 Å². The Morgan fingerprint density at radius 1 is 1.41 bits per heavy atom. The molecule has 0 bridgehead atoms. The van der Waals surface area contributed by atoms with E-state index >= 15 is 0 Å². The largest absolute Gasteiger partial charge is 0.396 e. The van der Waals surface area contributed by atoms with Crippen molar-refractivity contribution in [3.8, 4) is 0 Å². The number of aliphatic imine (C=N–C) groups is 1. The highest BCUT2D eigenvalue weighted by Gasteiger charge is 2.00. The van der Waals surface area contributed by atoms with Gasteiger partial charge in [0.1, 0.15) is 0 Å². The van der Waals surface area contributed by atoms with Crippen molar-refractivity contribution in [3.05, 3.63) is 30.3 Å². The van der Waals surface area contributed by atoms with E-state index in [9.17, 15) is 0 Å². The fourth-order valence-corrected chi connectivity index (χ4v) is 1.27. The lowest BCUT2D eigenvalue weighted by molar-refractivity contribution is 0.264. The molecule has 1 aromatic rings. The van der Waals surface area contributed by atoms with Gasteiger partial charge < -0.3 is 16.2 Å². The van der Waals surface area contributed by atoms with E-state index in [0.29, 0.717) is 18.4 Å². The van der Waals surface area contributed by atoms with Gasteiger partial charge in [-0.25, -0.2) is 0 Å². The predicted octanol–water partition coefficient (Wildman–Crippen LogP) is 2.05. The summed E-state index contributed by atoms with van der Waals surface area (Å²) in [7, 11) is 0. The van der Waals surface area contributed by atoms with Crippen LogP contribution in [-0.2, 0) is 0 Å². The lowest BCUT2D eigenvalue weighted by atomic mass is 10.1. The molecule has 0 spiro atoms. The van der Waals surface area contributed by atoms with Crippen LogP contribution in [-0.4, -0.2) is 24.2 Å². The number of aliphatic hydroxyl groups is 1. The van der Waals surface area contributed by atoms with E-state index in [0.717, 1.165) is 12.1 Å². The molecule has 1 unspecified atom stereocenters.